The molecule has 0 aromatic heterocycles. The Hall–Kier alpha value is -1.60. The number of nitrogens with two attached hydrogens (primary N) is 1. The highest BCUT2D eigenvalue weighted by Gasteiger charge is 2.35. The number of benzene rings is 1. The van der Waals surface area contributed by atoms with E-state index < -0.39 is 9.84 Å². The highest BCUT2D eigenvalue weighted by atomic mass is 32.2. The monoisotopic (exact) mass is 340 g/mol. The molecule has 1 amide bonds. The number of hydrogen-bond donors (Lipinski definition) is 1. The number of nitrogens with zero attached hydrogens (tertiary/aromatic N) is 1. The summed E-state index contributed by atoms with van der Waals surface area (Å²) in [7, 11) is -1.45. The van der Waals surface area contributed by atoms with Gasteiger partial charge in [0.1, 0.15) is 0 Å². The highest BCUT2D eigenvalue weighted by molar-refractivity contribution is 7.91. The number of aryl methyl sites for hydroxylation is 1. The number of sulfone groups is 1. The van der Waals surface area contributed by atoms with Crippen LogP contribution in [0.4, 0.5) is 5.69 Å². The first kappa shape index (κ1) is 17.7. The van der Waals surface area contributed by atoms with Gasteiger partial charge in [0.2, 0.25) is 0 Å². The zero-order valence-corrected chi connectivity index (χ0v) is 14.4. The minimum Gasteiger partial charge on any atom is -0.399 e. The van der Waals surface area contributed by atoms with Crippen molar-refractivity contribution in [1.82, 2.24) is 4.90 Å². The molecule has 2 rings (SSSR count). The standard InChI is InChI=1S/C16H24N2O4S/c1-12-4-5-13(17)10-15(12)16(19)18(7-3-8-22-2)14-6-9-23(20,21)11-14/h4-5,10,14H,3,6-9,11,17H2,1-2H3. The normalized spacial score (nSPS) is 19.7. The summed E-state index contributed by atoms with van der Waals surface area (Å²) in [6.07, 6.45) is 1.16. The van der Waals surface area contributed by atoms with Crippen LogP contribution < -0.4 is 5.73 Å². The second-order valence-electron chi connectivity index (χ2n) is 5.98. The second-order valence-corrected chi connectivity index (χ2v) is 8.20. The highest BCUT2D eigenvalue weighted by Crippen LogP contribution is 2.22. The van der Waals surface area contributed by atoms with Crippen molar-refractivity contribution in [2.24, 2.45) is 0 Å². The Kier molecular flexibility index (Phi) is 5.64. The van der Waals surface area contributed by atoms with Crippen molar-refractivity contribution in [3.63, 3.8) is 0 Å². The maximum Gasteiger partial charge on any atom is 0.254 e. The molecule has 0 aliphatic carbocycles. The third-order valence-corrected chi connectivity index (χ3v) is 5.90. The van der Waals surface area contributed by atoms with E-state index in [0.29, 0.717) is 37.2 Å². The SMILES string of the molecule is COCCCN(C(=O)c1cc(N)ccc1C)C1CCS(=O)(=O)C1. The average Bonchev–Trinajstić information content (AvgIpc) is 2.85. The van der Waals surface area contributed by atoms with Crippen LogP contribution in [0.25, 0.3) is 0 Å². The van der Waals surface area contributed by atoms with Crippen LogP contribution in [0.1, 0.15) is 28.8 Å². The third kappa shape index (κ3) is 4.45. The smallest absolute Gasteiger partial charge is 0.254 e. The Bertz CT molecular complexity index is 673. The number of rotatable bonds is 6. The predicted octanol–water partition coefficient (Wildman–Crippen LogP) is 1.24. The average molecular weight is 340 g/mol. The zero-order chi connectivity index (χ0) is 17.0. The number of carbonyl (C=O) groups is 1. The molecule has 0 saturated carbocycles. The molecule has 23 heavy (non-hydrogen) atoms. The van der Waals surface area contributed by atoms with Crippen molar-refractivity contribution >= 4 is 21.4 Å². The van der Waals surface area contributed by atoms with E-state index in [9.17, 15) is 13.2 Å². The first-order valence-corrected chi connectivity index (χ1v) is 9.52. The van der Waals surface area contributed by atoms with Gasteiger partial charge in [-0.1, -0.05) is 6.07 Å². The molecule has 1 aromatic carbocycles. The van der Waals surface area contributed by atoms with Crippen molar-refractivity contribution in [1.29, 1.82) is 0 Å². The zero-order valence-electron chi connectivity index (χ0n) is 13.6. The number of amides is 1. The summed E-state index contributed by atoms with van der Waals surface area (Å²) >= 11 is 0. The van der Waals surface area contributed by atoms with Crippen molar-refractivity contribution in [3.05, 3.63) is 29.3 Å². The van der Waals surface area contributed by atoms with Crippen LogP contribution in [0.2, 0.25) is 0 Å². The molecule has 1 atom stereocenters. The number of anilines is 1. The van der Waals surface area contributed by atoms with E-state index in [4.69, 9.17) is 10.5 Å². The Morgan fingerprint density at radius 2 is 2.17 bits per heavy atom. The van der Waals surface area contributed by atoms with Gasteiger partial charge >= 0.3 is 0 Å². The van der Waals surface area contributed by atoms with Crippen LogP contribution in [-0.2, 0) is 14.6 Å². The van der Waals surface area contributed by atoms with E-state index in [1.807, 2.05) is 6.92 Å². The van der Waals surface area contributed by atoms with E-state index >= 15 is 0 Å². The molecule has 1 heterocycles. The minimum absolute atomic E-state index is 0.0348. The van der Waals surface area contributed by atoms with Crippen molar-refractivity contribution in [2.75, 3.05) is 37.5 Å². The van der Waals surface area contributed by atoms with E-state index in [1.54, 1.807) is 30.2 Å². The largest absolute Gasteiger partial charge is 0.399 e. The molecule has 0 bridgehead atoms. The minimum atomic E-state index is -3.05. The van der Waals surface area contributed by atoms with Gasteiger partial charge in [-0.05, 0) is 37.5 Å². The van der Waals surface area contributed by atoms with Gasteiger partial charge in [0.05, 0.1) is 11.5 Å². The lowest BCUT2D eigenvalue weighted by Crippen LogP contribution is -2.42. The van der Waals surface area contributed by atoms with Crippen LogP contribution >= 0.6 is 0 Å². The quantitative estimate of drug-likeness (QED) is 0.622. The number of ether oxygens (including phenoxy) is 1. The van der Waals surface area contributed by atoms with Crippen molar-refractivity contribution in [2.45, 2.75) is 25.8 Å². The van der Waals surface area contributed by atoms with Crippen LogP contribution in [0, 0.1) is 6.92 Å². The molecule has 6 nitrogen and oxygen atoms in total. The molecule has 7 heteroatoms. The number of nitrogen functional groups attached to an aromatic ring is 1. The Labute approximate surface area is 137 Å². The van der Waals surface area contributed by atoms with Gasteiger partial charge in [0, 0.05) is 37.6 Å². The lowest BCUT2D eigenvalue weighted by Gasteiger charge is -2.29. The summed E-state index contributed by atoms with van der Waals surface area (Å²) in [4.78, 5) is 14.6. The molecule has 1 fully saturated rings. The molecule has 0 radical (unpaired) electrons. The van der Waals surface area contributed by atoms with E-state index in [0.717, 1.165) is 5.56 Å². The summed E-state index contributed by atoms with van der Waals surface area (Å²) in [5.74, 6) is 0.0161. The maximum atomic E-state index is 12.9. The second kappa shape index (κ2) is 7.31. The third-order valence-electron chi connectivity index (χ3n) is 4.15. The van der Waals surface area contributed by atoms with Crippen LogP contribution in [0.15, 0.2) is 18.2 Å². The van der Waals surface area contributed by atoms with E-state index in [-0.39, 0.29) is 23.5 Å². The van der Waals surface area contributed by atoms with Gasteiger partial charge in [-0.2, -0.15) is 0 Å². The fraction of sp³-hybridized carbons (Fsp3) is 0.562. The van der Waals surface area contributed by atoms with Gasteiger partial charge in [0.15, 0.2) is 9.84 Å². The van der Waals surface area contributed by atoms with Gasteiger partial charge in [-0.15, -0.1) is 0 Å². The van der Waals surface area contributed by atoms with E-state index in [1.165, 1.54) is 0 Å². The van der Waals surface area contributed by atoms with Crippen LogP contribution in [0.3, 0.4) is 0 Å². The lowest BCUT2D eigenvalue weighted by atomic mass is 10.0. The van der Waals surface area contributed by atoms with Crippen molar-refractivity contribution < 1.29 is 17.9 Å². The molecule has 1 aliphatic rings. The number of methoxy groups -OCH3 is 1. The molecular formula is C16H24N2O4S. The summed E-state index contributed by atoms with van der Waals surface area (Å²) in [5.41, 5.74) is 7.69. The van der Waals surface area contributed by atoms with Crippen LogP contribution in [-0.4, -0.2) is 57.0 Å². The van der Waals surface area contributed by atoms with Crippen molar-refractivity contribution in [3.8, 4) is 0 Å². The molecule has 1 unspecified atom stereocenters. The summed E-state index contributed by atoms with van der Waals surface area (Å²) in [5, 5.41) is 0. The summed E-state index contributed by atoms with van der Waals surface area (Å²) in [6, 6.07) is 4.94. The lowest BCUT2D eigenvalue weighted by molar-refractivity contribution is 0.0673. The first-order valence-electron chi connectivity index (χ1n) is 7.70. The van der Waals surface area contributed by atoms with Gasteiger partial charge in [-0.25, -0.2) is 8.42 Å². The number of carbonyl (C=O) groups excluding carboxylic acids is 1. The molecule has 1 saturated heterocycles. The van der Waals surface area contributed by atoms with Gasteiger partial charge < -0.3 is 15.4 Å². The van der Waals surface area contributed by atoms with E-state index in [2.05, 4.69) is 0 Å². The molecule has 2 N–H and O–H groups in total. The van der Waals surface area contributed by atoms with Gasteiger partial charge in [0.25, 0.3) is 5.91 Å². The Morgan fingerprint density at radius 1 is 1.43 bits per heavy atom. The molecule has 128 valence electrons. The molecule has 1 aliphatic heterocycles. The van der Waals surface area contributed by atoms with Crippen LogP contribution in [0.5, 0.6) is 0 Å². The first-order chi connectivity index (χ1) is 10.8. The fourth-order valence-electron chi connectivity index (χ4n) is 2.88. The maximum absolute atomic E-state index is 12.9. The molecular weight excluding hydrogens is 316 g/mol. The number of hydrogen-bond acceptors (Lipinski definition) is 5. The predicted molar refractivity (Wildman–Crippen MR) is 90.2 cm³/mol. The summed E-state index contributed by atoms with van der Waals surface area (Å²) in [6.45, 7) is 2.85. The topological polar surface area (TPSA) is 89.7 Å². The Morgan fingerprint density at radius 3 is 2.78 bits per heavy atom. The fourth-order valence-corrected chi connectivity index (χ4v) is 4.61. The molecule has 1 aromatic rings. The Balaban J connectivity index is 2.25. The summed E-state index contributed by atoms with van der Waals surface area (Å²) < 4.78 is 28.6. The molecule has 0 spiro atoms. The van der Waals surface area contributed by atoms with Gasteiger partial charge in [-0.3, -0.25) is 4.79 Å².